The number of aromatic nitrogens is 2. The molecule has 0 unspecified atom stereocenters. The number of rotatable bonds is 6. The highest BCUT2D eigenvalue weighted by Gasteiger charge is 2.07. The molecule has 0 spiro atoms. The molecule has 4 heteroatoms. The summed E-state index contributed by atoms with van der Waals surface area (Å²) in [6.45, 7) is 11.2. The van der Waals surface area contributed by atoms with E-state index in [-0.39, 0.29) is 5.56 Å². The van der Waals surface area contributed by atoms with Crippen LogP contribution >= 0.6 is 0 Å². The van der Waals surface area contributed by atoms with Gasteiger partial charge in [-0.2, -0.15) is 0 Å². The smallest absolute Gasteiger partial charge is 0.254 e. The van der Waals surface area contributed by atoms with E-state index < -0.39 is 0 Å². The Morgan fingerprint density at radius 3 is 2.41 bits per heavy atom. The molecule has 0 aromatic carbocycles. The number of nitrogens with zero attached hydrogens (tertiary/aromatic N) is 2. The van der Waals surface area contributed by atoms with E-state index in [0.717, 1.165) is 49.6 Å². The molecule has 0 aliphatic heterocycles. The summed E-state index contributed by atoms with van der Waals surface area (Å²) >= 11 is 0. The van der Waals surface area contributed by atoms with E-state index in [9.17, 15) is 4.79 Å². The predicted molar refractivity (Wildman–Crippen MR) is 70.5 cm³/mol. The Kier molecular flexibility index (Phi) is 5.35. The zero-order valence-electron chi connectivity index (χ0n) is 11.3. The van der Waals surface area contributed by atoms with Crippen molar-refractivity contribution in [3.05, 3.63) is 27.4 Å². The van der Waals surface area contributed by atoms with Gasteiger partial charge in [-0.1, -0.05) is 20.8 Å². The summed E-state index contributed by atoms with van der Waals surface area (Å²) in [5, 5.41) is 0. The summed E-state index contributed by atoms with van der Waals surface area (Å²) in [5.74, 6) is 0.810. The van der Waals surface area contributed by atoms with Gasteiger partial charge >= 0.3 is 0 Å². The number of nitrogens with one attached hydrogen (secondary N) is 1. The third-order valence-corrected chi connectivity index (χ3v) is 3.20. The van der Waals surface area contributed by atoms with Crippen LogP contribution in [-0.4, -0.2) is 34.5 Å². The van der Waals surface area contributed by atoms with Gasteiger partial charge < -0.3 is 9.88 Å². The van der Waals surface area contributed by atoms with Gasteiger partial charge in [0, 0.05) is 18.5 Å². The van der Waals surface area contributed by atoms with Crippen LogP contribution in [0.25, 0.3) is 0 Å². The van der Waals surface area contributed by atoms with Gasteiger partial charge in [-0.05, 0) is 26.4 Å². The van der Waals surface area contributed by atoms with Gasteiger partial charge in [-0.3, -0.25) is 4.79 Å². The largest absolute Gasteiger partial charge is 0.310 e. The molecule has 1 aromatic rings. The lowest BCUT2D eigenvalue weighted by Gasteiger charge is -2.17. The Morgan fingerprint density at radius 1 is 1.24 bits per heavy atom. The van der Waals surface area contributed by atoms with Gasteiger partial charge in [0.1, 0.15) is 5.82 Å². The molecule has 0 saturated carbocycles. The molecular formula is C13H23N3O. The first-order valence-corrected chi connectivity index (χ1v) is 6.43. The lowest BCUT2D eigenvalue weighted by molar-refractivity contribution is 0.305. The molecule has 0 fully saturated rings. The van der Waals surface area contributed by atoms with Crippen molar-refractivity contribution in [1.82, 2.24) is 14.9 Å². The van der Waals surface area contributed by atoms with Crippen LogP contribution < -0.4 is 5.56 Å². The van der Waals surface area contributed by atoms with Crippen molar-refractivity contribution in [1.29, 1.82) is 0 Å². The minimum Gasteiger partial charge on any atom is -0.310 e. The summed E-state index contributed by atoms with van der Waals surface area (Å²) in [5.41, 5.74) is 1.67. The van der Waals surface area contributed by atoms with Crippen LogP contribution in [0.3, 0.4) is 0 Å². The average Bonchev–Trinajstić information content (AvgIpc) is 2.34. The third-order valence-electron chi connectivity index (χ3n) is 3.20. The lowest BCUT2D eigenvalue weighted by Crippen LogP contribution is -2.27. The highest BCUT2D eigenvalue weighted by Crippen LogP contribution is 2.01. The van der Waals surface area contributed by atoms with Crippen LogP contribution in [0.2, 0.25) is 0 Å². The van der Waals surface area contributed by atoms with Crippen LogP contribution in [0.4, 0.5) is 0 Å². The molecule has 96 valence electrons. The van der Waals surface area contributed by atoms with E-state index in [4.69, 9.17) is 0 Å². The lowest BCUT2D eigenvalue weighted by atomic mass is 10.2. The summed E-state index contributed by atoms with van der Waals surface area (Å²) in [4.78, 5) is 21.4. The molecule has 4 nitrogen and oxygen atoms in total. The number of aromatic amines is 1. The maximum absolute atomic E-state index is 11.7. The summed E-state index contributed by atoms with van der Waals surface area (Å²) < 4.78 is 0. The average molecular weight is 237 g/mol. The summed E-state index contributed by atoms with van der Waals surface area (Å²) in [6.07, 6.45) is 1.62. The second-order valence-electron chi connectivity index (χ2n) is 4.21. The van der Waals surface area contributed by atoms with Crippen molar-refractivity contribution in [2.75, 3.05) is 19.6 Å². The molecule has 17 heavy (non-hydrogen) atoms. The first-order valence-electron chi connectivity index (χ1n) is 6.43. The minimum absolute atomic E-state index is 0.00592. The fraction of sp³-hybridized carbons (Fsp3) is 0.692. The van der Waals surface area contributed by atoms with Crippen molar-refractivity contribution in [2.45, 2.75) is 40.5 Å². The molecule has 1 N–H and O–H groups in total. The van der Waals surface area contributed by atoms with Crippen molar-refractivity contribution in [3.8, 4) is 0 Å². The van der Waals surface area contributed by atoms with Crippen molar-refractivity contribution < 1.29 is 0 Å². The van der Waals surface area contributed by atoms with E-state index in [1.807, 2.05) is 13.8 Å². The van der Waals surface area contributed by atoms with Crippen LogP contribution in [0.1, 0.15) is 37.9 Å². The van der Waals surface area contributed by atoms with Crippen molar-refractivity contribution in [3.63, 3.8) is 0 Å². The number of aryl methyl sites for hydroxylation is 1. The van der Waals surface area contributed by atoms with Crippen LogP contribution in [0.15, 0.2) is 4.79 Å². The fourth-order valence-corrected chi connectivity index (χ4v) is 1.90. The van der Waals surface area contributed by atoms with Crippen molar-refractivity contribution >= 4 is 0 Å². The molecule has 0 atom stereocenters. The van der Waals surface area contributed by atoms with E-state index in [1.54, 1.807) is 0 Å². The van der Waals surface area contributed by atoms with E-state index >= 15 is 0 Å². The Bertz CT molecular complexity index is 408. The van der Waals surface area contributed by atoms with Crippen molar-refractivity contribution in [2.24, 2.45) is 0 Å². The summed E-state index contributed by atoms with van der Waals surface area (Å²) in [6, 6.07) is 0. The number of hydrogen-bond donors (Lipinski definition) is 1. The molecule has 0 amide bonds. The minimum atomic E-state index is 0.00592. The van der Waals surface area contributed by atoms with Gasteiger partial charge in [-0.15, -0.1) is 0 Å². The third kappa shape index (κ3) is 3.66. The number of H-pyrrole nitrogens is 1. The summed E-state index contributed by atoms with van der Waals surface area (Å²) in [7, 11) is 0. The van der Waals surface area contributed by atoms with E-state index in [1.165, 1.54) is 0 Å². The van der Waals surface area contributed by atoms with Gasteiger partial charge in [0.05, 0.1) is 5.69 Å². The molecule has 0 aliphatic rings. The van der Waals surface area contributed by atoms with Crippen LogP contribution in [-0.2, 0) is 12.8 Å². The van der Waals surface area contributed by atoms with Gasteiger partial charge in [0.2, 0.25) is 0 Å². The highest BCUT2D eigenvalue weighted by atomic mass is 16.1. The molecule has 0 bridgehead atoms. The molecular weight excluding hydrogens is 214 g/mol. The Labute approximate surface area is 103 Å². The molecule has 1 aromatic heterocycles. The Hall–Kier alpha value is -1.16. The van der Waals surface area contributed by atoms with Gasteiger partial charge in [-0.25, -0.2) is 4.98 Å². The Balaban J connectivity index is 2.78. The molecule has 1 rings (SSSR count). The second kappa shape index (κ2) is 6.55. The van der Waals surface area contributed by atoms with E-state index in [0.29, 0.717) is 0 Å². The molecule has 0 radical (unpaired) electrons. The standard InChI is InChI=1S/C13H23N3O/c1-5-11-10(4)13(17)15-12(14-11)8-9-16(6-2)7-3/h5-9H2,1-4H3,(H,14,15,17). The maximum atomic E-state index is 11.7. The van der Waals surface area contributed by atoms with Crippen LogP contribution in [0.5, 0.6) is 0 Å². The first kappa shape index (κ1) is 13.9. The quantitative estimate of drug-likeness (QED) is 0.816. The maximum Gasteiger partial charge on any atom is 0.254 e. The van der Waals surface area contributed by atoms with Gasteiger partial charge in [0.15, 0.2) is 0 Å². The zero-order chi connectivity index (χ0) is 12.8. The molecule has 0 aliphatic carbocycles. The molecule has 0 saturated heterocycles. The number of hydrogen-bond acceptors (Lipinski definition) is 3. The van der Waals surface area contributed by atoms with Crippen LogP contribution in [0, 0.1) is 6.92 Å². The Morgan fingerprint density at radius 2 is 1.88 bits per heavy atom. The van der Waals surface area contributed by atoms with E-state index in [2.05, 4.69) is 28.7 Å². The van der Waals surface area contributed by atoms with Gasteiger partial charge in [0.25, 0.3) is 5.56 Å². The second-order valence-corrected chi connectivity index (χ2v) is 4.21. The zero-order valence-corrected chi connectivity index (χ0v) is 11.3. The fourth-order valence-electron chi connectivity index (χ4n) is 1.90. The monoisotopic (exact) mass is 237 g/mol. The molecule has 1 heterocycles. The first-order chi connectivity index (χ1) is 8.12. The normalized spacial score (nSPS) is 11.1. The predicted octanol–water partition coefficient (Wildman–Crippen LogP) is 1.53. The highest BCUT2D eigenvalue weighted by molar-refractivity contribution is 5.15. The number of likely N-dealkylation sites (N-methyl/N-ethyl adjacent to an activating group) is 1. The SMILES string of the molecule is CCc1nc(CCN(CC)CC)[nH]c(=O)c1C. The topological polar surface area (TPSA) is 49.0 Å².